The Morgan fingerprint density at radius 3 is 2.67 bits per heavy atom. The molecule has 0 saturated carbocycles. The number of aromatic nitrogens is 5. The molecule has 4 rings (SSSR count). The van der Waals surface area contributed by atoms with Gasteiger partial charge in [0.25, 0.3) is 0 Å². The molecule has 0 fully saturated rings. The third kappa shape index (κ3) is 6.51. The molecule has 0 aromatic carbocycles. The summed E-state index contributed by atoms with van der Waals surface area (Å²) in [5.74, 6) is -1.39. The van der Waals surface area contributed by atoms with Gasteiger partial charge in [0, 0.05) is 44.5 Å². The van der Waals surface area contributed by atoms with Crippen LogP contribution in [0.2, 0.25) is 0 Å². The van der Waals surface area contributed by atoms with Crippen molar-refractivity contribution in [2.75, 3.05) is 6.61 Å². The number of hydrogen-bond acceptors (Lipinski definition) is 8. The molecule has 1 aliphatic heterocycles. The number of ether oxygens (including phenoxy) is 1. The predicted molar refractivity (Wildman–Crippen MR) is 107 cm³/mol. The van der Waals surface area contributed by atoms with Crippen LogP contribution in [0.3, 0.4) is 0 Å². The number of nitrogens with zero attached hydrogens (tertiary/aromatic N) is 6. The molecule has 0 spiro atoms. The Morgan fingerprint density at radius 1 is 1.33 bits per heavy atom. The van der Waals surface area contributed by atoms with Crippen molar-refractivity contribution in [3.05, 3.63) is 53.3 Å². The molecule has 1 unspecified atom stereocenters. The summed E-state index contributed by atoms with van der Waals surface area (Å²) in [5.41, 5.74) is 4.12. The SMILES string of the molecule is Cc1cncc(OCC2Cc3c(ncn3C)CN2Cc2cc(C)on2)n1.O=C(O)C(F)(F)F. The van der Waals surface area contributed by atoms with Gasteiger partial charge in [-0.1, -0.05) is 5.16 Å². The van der Waals surface area contributed by atoms with Crippen LogP contribution in [0.25, 0.3) is 0 Å². The van der Waals surface area contributed by atoms with Crippen molar-refractivity contribution in [1.82, 2.24) is 29.6 Å². The molecule has 10 nitrogen and oxygen atoms in total. The van der Waals surface area contributed by atoms with Gasteiger partial charge in [-0.2, -0.15) is 13.2 Å². The molecule has 0 saturated heterocycles. The molecule has 4 heterocycles. The summed E-state index contributed by atoms with van der Waals surface area (Å²) in [5, 5.41) is 11.3. The average molecular weight is 468 g/mol. The first-order valence-electron chi connectivity index (χ1n) is 9.89. The number of alkyl halides is 3. The van der Waals surface area contributed by atoms with Gasteiger partial charge in [0.1, 0.15) is 12.4 Å². The Bertz CT molecular complexity index is 1100. The van der Waals surface area contributed by atoms with Gasteiger partial charge in [-0.3, -0.25) is 9.88 Å². The smallest absolute Gasteiger partial charge is 0.475 e. The van der Waals surface area contributed by atoms with E-state index >= 15 is 0 Å². The number of carboxylic acid groups (broad SMARTS) is 1. The van der Waals surface area contributed by atoms with Gasteiger partial charge in [-0.15, -0.1) is 0 Å². The first-order chi connectivity index (χ1) is 15.5. The fraction of sp³-hybridized carbons (Fsp3) is 0.450. The van der Waals surface area contributed by atoms with Gasteiger partial charge in [0.05, 0.1) is 35.6 Å². The minimum atomic E-state index is -5.08. The second-order valence-electron chi connectivity index (χ2n) is 7.55. The van der Waals surface area contributed by atoms with Crippen molar-refractivity contribution in [2.45, 2.75) is 45.6 Å². The first-order valence-corrected chi connectivity index (χ1v) is 9.89. The maximum absolute atomic E-state index is 10.6. The third-order valence-electron chi connectivity index (χ3n) is 4.88. The molecular formula is C20H23F3N6O4. The molecule has 1 N–H and O–H groups in total. The minimum absolute atomic E-state index is 0.192. The molecule has 33 heavy (non-hydrogen) atoms. The van der Waals surface area contributed by atoms with Crippen LogP contribution in [0.4, 0.5) is 13.2 Å². The fourth-order valence-electron chi connectivity index (χ4n) is 3.31. The van der Waals surface area contributed by atoms with Crippen LogP contribution in [0.1, 0.15) is 28.5 Å². The monoisotopic (exact) mass is 468 g/mol. The van der Waals surface area contributed by atoms with Crippen LogP contribution in [-0.4, -0.2) is 59.5 Å². The van der Waals surface area contributed by atoms with Gasteiger partial charge >= 0.3 is 12.1 Å². The highest BCUT2D eigenvalue weighted by Gasteiger charge is 2.38. The van der Waals surface area contributed by atoms with Gasteiger partial charge in [-0.25, -0.2) is 14.8 Å². The van der Waals surface area contributed by atoms with E-state index in [-0.39, 0.29) is 6.04 Å². The van der Waals surface area contributed by atoms with Crippen molar-refractivity contribution < 1.29 is 32.3 Å². The third-order valence-corrected chi connectivity index (χ3v) is 4.88. The second kappa shape index (κ2) is 9.98. The van der Waals surface area contributed by atoms with Crippen molar-refractivity contribution in [3.8, 4) is 5.88 Å². The van der Waals surface area contributed by atoms with Crippen LogP contribution in [-0.2, 0) is 31.4 Å². The Labute approximate surface area is 187 Å². The van der Waals surface area contributed by atoms with Crippen LogP contribution in [0.15, 0.2) is 29.3 Å². The number of fused-ring (bicyclic) bond motifs is 1. The molecule has 3 aromatic heterocycles. The summed E-state index contributed by atoms with van der Waals surface area (Å²) in [6.45, 7) is 5.79. The van der Waals surface area contributed by atoms with Gasteiger partial charge in [0.2, 0.25) is 5.88 Å². The fourth-order valence-corrected chi connectivity index (χ4v) is 3.31. The molecule has 0 aliphatic carbocycles. The maximum Gasteiger partial charge on any atom is 0.490 e. The number of aliphatic carboxylic acids is 1. The normalized spacial score (nSPS) is 16.0. The minimum Gasteiger partial charge on any atom is -0.475 e. The van der Waals surface area contributed by atoms with Gasteiger partial charge in [-0.05, 0) is 13.8 Å². The number of halogens is 3. The van der Waals surface area contributed by atoms with E-state index in [4.69, 9.17) is 19.2 Å². The van der Waals surface area contributed by atoms with Crippen molar-refractivity contribution in [2.24, 2.45) is 7.05 Å². The molecule has 1 atom stereocenters. The zero-order valence-electron chi connectivity index (χ0n) is 18.2. The zero-order valence-corrected chi connectivity index (χ0v) is 18.2. The summed E-state index contributed by atoms with van der Waals surface area (Å²) in [7, 11) is 2.03. The number of carboxylic acids is 1. The van der Waals surface area contributed by atoms with Crippen molar-refractivity contribution in [1.29, 1.82) is 0 Å². The average Bonchev–Trinajstić information content (AvgIpc) is 3.31. The number of hydrogen-bond donors (Lipinski definition) is 1. The Kier molecular flexibility index (Phi) is 7.31. The molecule has 1 aliphatic rings. The molecule has 13 heteroatoms. The number of aryl methyl sites for hydroxylation is 3. The predicted octanol–water partition coefficient (Wildman–Crippen LogP) is 2.45. The molecule has 0 radical (unpaired) electrons. The lowest BCUT2D eigenvalue weighted by Gasteiger charge is -2.34. The molecule has 3 aromatic rings. The van der Waals surface area contributed by atoms with Gasteiger partial charge < -0.3 is 18.9 Å². The van der Waals surface area contributed by atoms with Crippen LogP contribution in [0, 0.1) is 13.8 Å². The quantitative estimate of drug-likeness (QED) is 0.602. The van der Waals surface area contributed by atoms with E-state index in [1.807, 2.05) is 33.3 Å². The Morgan fingerprint density at radius 2 is 2.06 bits per heavy atom. The first kappa shape index (κ1) is 24.2. The Balaban J connectivity index is 0.000000383. The molecule has 178 valence electrons. The van der Waals surface area contributed by atoms with E-state index in [1.54, 1.807) is 12.4 Å². The Hall–Kier alpha value is -3.48. The van der Waals surface area contributed by atoms with E-state index in [1.165, 1.54) is 5.69 Å². The van der Waals surface area contributed by atoms with Crippen molar-refractivity contribution >= 4 is 5.97 Å². The van der Waals surface area contributed by atoms with E-state index in [9.17, 15) is 13.2 Å². The van der Waals surface area contributed by atoms with Crippen molar-refractivity contribution in [3.63, 3.8) is 0 Å². The topological polar surface area (TPSA) is 119 Å². The number of imidazole rings is 1. The lowest BCUT2D eigenvalue weighted by molar-refractivity contribution is -0.192. The standard InChI is InChI=1S/C18H22N6O2.C2HF3O2/c1-12-6-19-7-18(21-12)25-10-15-5-17-16(20-11-23(17)3)9-24(15)8-14-4-13(2)26-22-14;3-2(4,5)1(6)7/h4,6-7,11,15H,5,8-10H2,1-3H3;(H,6,7). The highest BCUT2D eigenvalue weighted by atomic mass is 19.4. The highest BCUT2D eigenvalue weighted by molar-refractivity contribution is 5.73. The lowest BCUT2D eigenvalue weighted by atomic mass is 10.0. The van der Waals surface area contributed by atoms with Crippen LogP contribution in [0.5, 0.6) is 5.88 Å². The largest absolute Gasteiger partial charge is 0.490 e. The van der Waals surface area contributed by atoms with Crippen LogP contribution >= 0.6 is 0 Å². The van der Waals surface area contributed by atoms with E-state index in [0.29, 0.717) is 19.0 Å². The van der Waals surface area contributed by atoms with Gasteiger partial charge in [0.15, 0.2) is 0 Å². The zero-order chi connectivity index (χ0) is 24.2. The molecule has 0 bridgehead atoms. The number of carbonyl (C=O) groups is 1. The number of rotatable bonds is 5. The lowest BCUT2D eigenvalue weighted by Crippen LogP contribution is -2.44. The summed E-state index contributed by atoms with van der Waals surface area (Å²) in [6, 6.07) is 2.16. The van der Waals surface area contributed by atoms with E-state index in [2.05, 4.69) is 29.6 Å². The molecular weight excluding hydrogens is 445 g/mol. The summed E-state index contributed by atoms with van der Waals surface area (Å²) < 4.78 is 45.0. The summed E-state index contributed by atoms with van der Waals surface area (Å²) in [6.07, 6.45) is 1.02. The highest BCUT2D eigenvalue weighted by Crippen LogP contribution is 2.24. The summed E-state index contributed by atoms with van der Waals surface area (Å²) in [4.78, 5) is 24.3. The molecule has 0 amide bonds. The van der Waals surface area contributed by atoms with Crippen LogP contribution < -0.4 is 4.74 Å². The summed E-state index contributed by atoms with van der Waals surface area (Å²) >= 11 is 0. The maximum atomic E-state index is 10.6. The van der Waals surface area contributed by atoms with E-state index in [0.717, 1.165) is 35.8 Å². The second-order valence-corrected chi connectivity index (χ2v) is 7.55. The van der Waals surface area contributed by atoms with E-state index < -0.39 is 12.1 Å².